The van der Waals surface area contributed by atoms with Gasteiger partial charge in [0.05, 0.1) is 7.11 Å². The van der Waals surface area contributed by atoms with E-state index in [0.717, 1.165) is 35.4 Å². The monoisotopic (exact) mass is 243 g/mol. The van der Waals surface area contributed by atoms with Crippen LogP contribution in [0.2, 0.25) is 0 Å². The van der Waals surface area contributed by atoms with Crippen LogP contribution in [-0.4, -0.2) is 30.7 Å². The second kappa shape index (κ2) is 3.85. The standard InChI is InChI=1S/C14H17N3O/c1-14(15)8-17(9-14)13-12-4-3-11(18-2)7-10(12)5-6-16-13/h3-7H,8-9,15H2,1-2H3. The zero-order valence-corrected chi connectivity index (χ0v) is 10.7. The van der Waals surface area contributed by atoms with E-state index in [2.05, 4.69) is 22.9 Å². The molecule has 0 bridgehead atoms. The van der Waals surface area contributed by atoms with E-state index in [-0.39, 0.29) is 5.54 Å². The highest BCUT2D eigenvalue weighted by molar-refractivity contribution is 5.93. The van der Waals surface area contributed by atoms with Crippen molar-refractivity contribution < 1.29 is 4.74 Å². The number of benzene rings is 1. The van der Waals surface area contributed by atoms with Crippen molar-refractivity contribution in [2.24, 2.45) is 5.73 Å². The van der Waals surface area contributed by atoms with E-state index in [1.54, 1.807) is 7.11 Å². The summed E-state index contributed by atoms with van der Waals surface area (Å²) < 4.78 is 5.24. The normalized spacial score (nSPS) is 17.6. The number of fused-ring (bicyclic) bond motifs is 1. The van der Waals surface area contributed by atoms with Crippen LogP contribution in [-0.2, 0) is 0 Å². The van der Waals surface area contributed by atoms with E-state index < -0.39 is 0 Å². The lowest BCUT2D eigenvalue weighted by Crippen LogP contribution is -2.65. The van der Waals surface area contributed by atoms with Crippen molar-refractivity contribution in [1.29, 1.82) is 0 Å². The van der Waals surface area contributed by atoms with Crippen molar-refractivity contribution in [2.75, 3.05) is 25.1 Å². The van der Waals surface area contributed by atoms with Crippen LogP contribution in [0.5, 0.6) is 5.75 Å². The molecule has 2 heterocycles. The average molecular weight is 243 g/mol. The first-order valence-electron chi connectivity index (χ1n) is 6.06. The van der Waals surface area contributed by atoms with E-state index >= 15 is 0 Å². The molecule has 1 aromatic carbocycles. The number of pyridine rings is 1. The number of methoxy groups -OCH3 is 1. The Morgan fingerprint density at radius 1 is 1.33 bits per heavy atom. The van der Waals surface area contributed by atoms with Crippen molar-refractivity contribution >= 4 is 16.6 Å². The summed E-state index contributed by atoms with van der Waals surface area (Å²) in [6.07, 6.45) is 1.84. The number of nitrogens with two attached hydrogens (primary N) is 1. The van der Waals surface area contributed by atoms with Gasteiger partial charge in [0.25, 0.3) is 0 Å². The minimum atomic E-state index is -0.0870. The molecule has 0 atom stereocenters. The Morgan fingerprint density at radius 2 is 2.11 bits per heavy atom. The first-order valence-corrected chi connectivity index (χ1v) is 6.06. The maximum absolute atomic E-state index is 6.05. The zero-order valence-electron chi connectivity index (χ0n) is 10.7. The van der Waals surface area contributed by atoms with Crippen LogP contribution in [0.3, 0.4) is 0 Å². The summed E-state index contributed by atoms with van der Waals surface area (Å²) in [6.45, 7) is 3.77. The molecule has 1 aliphatic heterocycles. The van der Waals surface area contributed by atoms with E-state index in [1.807, 2.05) is 24.4 Å². The van der Waals surface area contributed by atoms with Gasteiger partial charge < -0.3 is 15.4 Å². The third-order valence-electron chi connectivity index (χ3n) is 3.35. The highest BCUT2D eigenvalue weighted by atomic mass is 16.5. The molecule has 1 aliphatic rings. The van der Waals surface area contributed by atoms with Gasteiger partial charge in [0, 0.05) is 30.2 Å². The van der Waals surface area contributed by atoms with Gasteiger partial charge in [-0.15, -0.1) is 0 Å². The van der Waals surface area contributed by atoms with E-state index in [9.17, 15) is 0 Å². The first-order chi connectivity index (χ1) is 8.59. The van der Waals surface area contributed by atoms with Crippen LogP contribution in [0.15, 0.2) is 30.5 Å². The summed E-state index contributed by atoms with van der Waals surface area (Å²) in [4.78, 5) is 6.70. The van der Waals surface area contributed by atoms with E-state index in [1.165, 1.54) is 0 Å². The molecule has 0 amide bonds. The average Bonchev–Trinajstić information content (AvgIpc) is 2.34. The van der Waals surface area contributed by atoms with Crippen molar-refractivity contribution in [2.45, 2.75) is 12.5 Å². The van der Waals surface area contributed by atoms with Crippen LogP contribution < -0.4 is 15.4 Å². The Morgan fingerprint density at radius 3 is 2.78 bits per heavy atom. The molecule has 2 N–H and O–H groups in total. The van der Waals surface area contributed by atoms with E-state index in [0.29, 0.717) is 0 Å². The van der Waals surface area contributed by atoms with Crippen LogP contribution in [0.25, 0.3) is 10.8 Å². The maximum atomic E-state index is 6.05. The van der Waals surface area contributed by atoms with Gasteiger partial charge in [-0.05, 0) is 36.6 Å². The second-order valence-corrected chi connectivity index (χ2v) is 5.23. The number of aromatic nitrogens is 1. The number of nitrogens with zero attached hydrogens (tertiary/aromatic N) is 2. The Kier molecular flexibility index (Phi) is 2.41. The molecular weight excluding hydrogens is 226 g/mol. The summed E-state index contributed by atoms with van der Waals surface area (Å²) in [6, 6.07) is 8.06. The van der Waals surface area contributed by atoms with Crippen LogP contribution in [0.4, 0.5) is 5.82 Å². The molecule has 1 aromatic heterocycles. The Balaban J connectivity index is 2.03. The van der Waals surface area contributed by atoms with Crippen LogP contribution >= 0.6 is 0 Å². The van der Waals surface area contributed by atoms with Gasteiger partial charge >= 0.3 is 0 Å². The fourth-order valence-corrected chi connectivity index (χ4v) is 2.49. The topological polar surface area (TPSA) is 51.4 Å². The lowest BCUT2D eigenvalue weighted by atomic mass is 9.93. The Bertz CT molecular complexity index is 587. The fraction of sp³-hybridized carbons (Fsp3) is 0.357. The number of rotatable bonds is 2. The van der Waals surface area contributed by atoms with Gasteiger partial charge in [-0.1, -0.05) is 0 Å². The van der Waals surface area contributed by atoms with Crippen LogP contribution in [0, 0.1) is 0 Å². The molecule has 4 nitrogen and oxygen atoms in total. The van der Waals surface area contributed by atoms with Gasteiger partial charge in [0.2, 0.25) is 0 Å². The molecule has 18 heavy (non-hydrogen) atoms. The number of hydrogen-bond donors (Lipinski definition) is 1. The van der Waals surface area contributed by atoms with Crippen molar-refractivity contribution in [3.8, 4) is 5.75 Å². The third-order valence-corrected chi connectivity index (χ3v) is 3.35. The van der Waals surface area contributed by atoms with Crippen LogP contribution in [0.1, 0.15) is 6.92 Å². The molecule has 2 aromatic rings. The van der Waals surface area contributed by atoms with Crippen molar-refractivity contribution in [3.63, 3.8) is 0 Å². The molecule has 0 spiro atoms. The summed E-state index contributed by atoms with van der Waals surface area (Å²) in [5, 5.41) is 2.29. The minimum Gasteiger partial charge on any atom is -0.497 e. The smallest absolute Gasteiger partial charge is 0.136 e. The van der Waals surface area contributed by atoms with Crippen molar-refractivity contribution in [1.82, 2.24) is 4.98 Å². The highest BCUT2D eigenvalue weighted by Crippen LogP contribution is 2.31. The second-order valence-electron chi connectivity index (χ2n) is 5.23. The molecule has 0 aliphatic carbocycles. The summed E-state index contributed by atoms with van der Waals surface area (Å²) in [5.74, 6) is 1.88. The van der Waals surface area contributed by atoms with Crippen molar-refractivity contribution in [3.05, 3.63) is 30.5 Å². The maximum Gasteiger partial charge on any atom is 0.136 e. The first kappa shape index (κ1) is 11.3. The summed E-state index contributed by atoms with van der Waals surface area (Å²) >= 11 is 0. The predicted octanol–water partition coefficient (Wildman–Crippen LogP) is 1.78. The molecule has 3 rings (SSSR count). The fourth-order valence-electron chi connectivity index (χ4n) is 2.49. The Labute approximate surface area is 106 Å². The molecule has 4 heteroatoms. The Hall–Kier alpha value is -1.81. The van der Waals surface area contributed by atoms with Gasteiger partial charge in [0.15, 0.2) is 0 Å². The van der Waals surface area contributed by atoms with Gasteiger partial charge in [0.1, 0.15) is 11.6 Å². The molecule has 1 saturated heterocycles. The quantitative estimate of drug-likeness (QED) is 0.873. The number of hydrogen-bond acceptors (Lipinski definition) is 4. The molecular formula is C14H17N3O. The molecule has 1 fully saturated rings. The largest absolute Gasteiger partial charge is 0.497 e. The molecule has 0 unspecified atom stereocenters. The SMILES string of the molecule is COc1ccc2c(N3CC(C)(N)C3)nccc2c1. The lowest BCUT2D eigenvalue weighted by molar-refractivity contribution is 0.364. The van der Waals surface area contributed by atoms with Gasteiger partial charge in [-0.2, -0.15) is 0 Å². The number of ether oxygens (including phenoxy) is 1. The lowest BCUT2D eigenvalue weighted by Gasteiger charge is -2.46. The summed E-state index contributed by atoms with van der Waals surface area (Å²) in [5.41, 5.74) is 5.96. The van der Waals surface area contributed by atoms with E-state index in [4.69, 9.17) is 10.5 Å². The molecule has 0 radical (unpaired) electrons. The molecule has 94 valence electrons. The summed E-state index contributed by atoms with van der Waals surface area (Å²) in [7, 11) is 1.68. The highest BCUT2D eigenvalue weighted by Gasteiger charge is 2.36. The van der Waals surface area contributed by atoms with Gasteiger partial charge in [-0.3, -0.25) is 0 Å². The number of anilines is 1. The predicted molar refractivity (Wildman–Crippen MR) is 73.1 cm³/mol. The third kappa shape index (κ3) is 1.78. The van der Waals surface area contributed by atoms with Gasteiger partial charge in [-0.25, -0.2) is 4.98 Å². The minimum absolute atomic E-state index is 0.0870. The molecule has 0 saturated carbocycles. The zero-order chi connectivity index (χ0) is 12.8.